The zero-order valence-electron chi connectivity index (χ0n) is 59.8. The van der Waals surface area contributed by atoms with Crippen LogP contribution in [0, 0.1) is 17.8 Å². The summed E-state index contributed by atoms with van der Waals surface area (Å²) in [6.45, 7) is 9.30. The molecule has 5 atom stereocenters. The Morgan fingerprint density at radius 3 is 0.744 bits per heavy atom. The van der Waals surface area contributed by atoms with Crippen molar-refractivity contribution in [2.24, 2.45) is 17.8 Å². The van der Waals surface area contributed by atoms with Crippen molar-refractivity contribution in [3.63, 3.8) is 0 Å². The molecule has 0 spiro atoms. The summed E-state index contributed by atoms with van der Waals surface area (Å²) in [5.74, 6) is -0.186. The van der Waals surface area contributed by atoms with Crippen molar-refractivity contribution in [2.75, 3.05) is 0 Å². The molecule has 0 fully saturated rings. The van der Waals surface area contributed by atoms with Gasteiger partial charge in [-0.3, -0.25) is 4.79 Å². The first-order valence-corrected chi connectivity index (χ1v) is 40.6. The number of unbranched alkanes of at least 4 members (excludes halogenated alkanes) is 61. The molecule has 4 heteroatoms. The number of aliphatic hydroxyl groups excluding tert-OH is 2. The Kier molecular flexibility index (Phi) is 72.4. The molecule has 0 heterocycles. The number of rotatable bonds is 76. The number of aliphatic hydroxyl groups is 2. The van der Waals surface area contributed by atoms with Gasteiger partial charge in [-0.15, -0.1) is 0 Å². The van der Waals surface area contributed by atoms with E-state index in [0.29, 0.717) is 18.8 Å². The Morgan fingerprint density at radius 2 is 0.477 bits per heavy atom. The molecular formula is C82H162O4. The minimum Gasteiger partial charge on any atom is -0.481 e. The fraction of sp³-hybridized carbons (Fsp3) is 0.963. The van der Waals surface area contributed by atoms with Crippen LogP contribution in [0.1, 0.15) is 477 Å². The highest BCUT2D eigenvalue weighted by Gasteiger charge is 2.25. The summed E-state index contributed by atoms with van der Waals surface area (Å²) < 4.78 is 0. The van der Waals surface area contributed by atoms with Crippen molar-refractivity contribution >= 4 is 5.97 Å². The molecule has 0 aromatic heterocycles. The number of carbonyl (C=O) groups is 1. The lowest BCUT2D eigenvalue weighted by molar-refractivity contribution is -0.146. The molecule has 3 N–H and O–H groups in total. The first-order chi connectivity index (χ1) is 42.3. The number of carboxylic acid groups (broad SMARTS) is 1. The van der Waals surface area contributed by atoms with Gasteiger partial charge < -0.3 is 15.3 Å². The molecule has 0 bridgehead atoms. The van der Waals surface area contributed by atoms with Crippen LogP contribution in [0.15, 0.2) is 12.2 Å². The predicted molar refractivity (Wildman–Crippen MR) is 385 cm³/mol. The van der Waals surface area contributed by atoms with Crippen LogP contribution in [0.2, 0.25) is 0 Å². The molecule has 0 aliphatic rings. The van der Waals surface area contributed by atoms with Crippen LogP contribution in [0.4, 0.5) is 0 Å². The van der Waals surface area contributed by atoms with Crippen LogP contribution in [0.5, 0.6) is 0 Å². The Labute approximate surface area is 542 Å². The Bertz CT molecular complexity index is 1280. The summed E-state index contributed by atoms with van der Waals surface area (Å²) in [5, 5.41) is 31.3. The van der Waals surface area contributed by atoms with Crippen molar-refractivity contribution < 1.29 is 20.1 Å². The third-order valence-corrected chi connectivity index (χ3v) is 20.3. The topological polar surface area (TPSA) is 77.8 Å². The molecule has 4 nitrogen and oxygen atoms in total. The monoisotopic (exact) mass is 1210 g/mol. The average molecular weight is 1210 g/mol. The molecule has 0 aliphatic carbocycles. The Morgan fingerprint density at radius 1 is 0.267 bits per heavy atom. The number of aliphatic carboxylic acids is 1. The van der Waals surface area contributed by atoms with Crippen molar-refractivity contribution in [2.45, 2.75) is 489 Å². The van der Waals surface area contributed by atoms with E-state index in [2.05, 4.69) is 39.8 Å². The van der Waals surface area contributed by atoms with E-state index in [-0.39, 0.29) is 6.10 Å². The summed E-state index contributed by atoms with van der Waals surface area (Å²) in [7, 11) is 0. The standard InChI is InChI=1S/C82H162O4/c1-5-7-9-11-13-15-17-19-21-23-24-25-26-32-38-44-50-56-62-68-74-79(82(85)86)81(84)76-70-64-58-52-46-40-34-28-30-36-42-48-54-60-66-72-77(3)71-65-59-53-47-41-35-29-27-33-39-45-51-57-63-69-75-80(83)78(4)73-67-61-55-49-43-37-31-22-20-18-16-14-12-10-8-6-2/h65,71,77-81,83-84H,5-64,66-70,72-76H2,1-4H3,(H,85,86)/t77-,78+,79-,80-,81-/m1/s1. The van der Waals surface area contributed by atoms with Gasteiger partial charge in [-0.05, 0) is 56.8 Å². The first kappa shape index (κ1) is 85.1. The lowest BCUT2D eigenvalue weighted by Crippen LogP contribution is -2.28. The van der Waals surface area contributed by atoms with Crippen LogP contribution in [0.25, 0.3) is 0 Å². The van der Waals surface area contributed by atoms with Crippen molar-refractivity contribution in [1.29, 1.82) is 0 Å². The lowest BCUT2D eigenvalue weighted by Gasteiger charge is -2.19. The highest BCUT2D eigenvalue weighted by Crippen LogP contribution is 2.24. The number of allylic oxidation sites excluding steroid dienone is 2. The minimum absolute atomic E-state index is 0.0854. The molecule has 0 amide bonds. The van der Waals surface area contributed by atoms with Gasteiger partial charge in [0.05, 0.1) is 18.1 Å². The molecule has 0 unspecified atom stereocenters. The summed E-state index contributed by atoms with van der Waals surface area (Å²) in [5.41, 5.74) is 0. The van der Waals surface area contributed by atoms with Gasteiger partial charge in [0.1, 0.15) is 0 Å². The van der Waals surface area contributed by atoms with Gasteiger partial charge in [-0.2, -0.15) is 0 Å². The zero-order valence-corrected chi connectivity index (χ0v) is 59.8. The average Bonchev–Trinajstić information content (AvgIpc) is 3.51. The van der Waals surface area contributed by atoms with Crippen LogP contribution < -0.4 is 0 Å². The van der Waals surface area contributed by atoms with Crippen molar-refractivity contribution in [3.05, 3.63) is 12.2 Å². The number of hydrogen-bond donors (Lipinski definition) is 3. The van der Waals surface area contributed by atoms with E-state index >= 15 is 0 Å². The summed E-state index contributed by atoms with van der Waals surface area (Å²) >= 11 is 0. The molecule has 86 heavy (non-hydrogen) atoms. The van der Waals surface area contributed by atoms with Gasteiger partial charge in [0, 0.05) is 0 Å². The van der Waals surface area contributed by atoms with E-state index < -0.39 is 18.0 Å². The minimum atomic E-state index is -0.803. The summed E-state index contributed by atoms with van der Waals surface area (Å²) in [4.78, 5) is 11.9. The van der Waals surface area contributed by atoms with E-state index in [1.165, 1.54) is 405 Å². The third kappa shape index (κ3) is 67.5. The Hall–Kier alpha value is -0.870. The van der Waals surface area contributed by atoms with Crippen LogP contribution in [0.3, 0.4) is 0 Å². The molecule has 0 aliphatic heterocycles. The molecular weight excluding hydrogens is 1050 g/mol. The van der Waals surface area contributed by atoms with E-state index in [1.807, 2.05) is 0 Å². The highest BCUT2D eigenvalue weighted by atomic mass is 16.4. The molecule has 514 valence electrons. The van der Waals surface area contributed by atoms with Gasteiger partial charge in [0.25, 0.3) is 0 Å². The van der Waals surface area contributed by atoms with Gasteiger partial charge in [0.2, 0.25) is 0 Å². The lowest BCUT2D eigenvalue weighted by atomic mass is 9.91. The van der Waals surface area contributed by atoms with Gasteiger partial charge >= 0.3 is 5.97 Å². The maximum absolute atomic E-state index is 11.9. The normalized spacial score (nSPS) is 13.7. The largest absolute Gasteiger partial charge is 0.481 e. The van der Waals surface area contributed by atoms with Crippen molar-refractivity contribution in [3.8, 4) is 0 Å². The second-order valence-corrected chi connectivity index (χ2v) is 29.1. The fourth-order valence-electron chi connectivity index (χ4n) is 13.9. The molecule has 0 saturated heterocycles. The number of hydrogen-bond acceptors (Lipinski definition) is 3. The second-order valence-electron chi connectivity index (χ2n) is 29.1. The van der Waals surface area contributed by atoms with Gasteiger partial charge in [-0.25, -0.2) is 0 Å². The first-order valence-electron chi connectivity index (χ1n) is 40.6. The molecule has 0 aromatic rings. The zero-order chi connectivity index (χ0) is 62.4. The van der Waals surface area contributed by atoms with E-state index in [0.717, 1.165) is 38.0 Å². The van der Waals surface area contributed by atoms with E-state index in [4.69, 9.17) is 0 Å². The molecule has 0 rings (SSSR count). The molecule has 0 radical (unpaired) electrons. The summed E-state index contributed by atoms with van der Waals surface area (Å²) in [6, 6.07) is 0. The number of carboxylic acids is 1. The third-order valence-electron chi connectivity index (χ3n) is 20.3. The van der Waals surface area contributed by atoms with E-state index in [9.17, 15) is 20.1 Å². The highest BCUT2D eigenvalue weighted by molar-refractivity contribution is 5.70. The summed E-state index contributed by atoms with van der Waals surface area (Å²) in [6.07, 6.45) is 98.0. The molecule has 0 aromatic carbocycles. The predicted octanol–water partition coefficient (Wildman–Crippen LogP) is 28.6. The van der Waals surface area contributed by atoms with Crippen LogP contribution in [-0.2, 0) is 4.79 Å². The SMILES string of the molecule is CCCCCCCCCCCCCCCCCCCCCC[C@@H](C(=O)O)[C@H](O)CCCCCCCCCCCCCCCCC[C@H](C)C=CCCCCCCCCCCCCCCC[C@@H](O)[C@@H](C)CCCCCCCCCCCCCCCCCC. The van der Waals surface area contributed by atoms with Crippen LogP contribution >= 0.6 is 0 Å². The fourth-order valence-corrected chi connectivity index (χ4v) is 13.9. The van der Waals surface area contributed by atoms with Crippen LogP contribution in [-0.4, -0.2) is 33.5 Å². The van der Waals surface area contributed by atoms with Crippen molar-refractivity contribution in [1.82, 2.24) is 0 Å². The molecule has 0 saturated carbocycles. The second kappa shape index (κ2) is 73.2. The van der Waals surface area contributed by atoms with Gasteiger partial charge in [0.15, 0.2) is 0 Å². The smallest absolute Gasteiger partial charge is 0.309 e. The Balaban J connectivity index is 3.44. The maximum Gasteiger partial charge on any atom is 0.309 e. The quantitative estimate of drug-likeness (QED) is 0.0419. The van der Waals surface area contributed by atoms with Gasteiger partial charge in [-0.1, -0.05) is 444 Å². The van der Waals surface area contributed by atoms with E-state index in [1.54, 1.807) is 0 Å². The maximum atomic E-state index is 11.9.